The minimum atomic E-state index is -0.592. The predicted octanol–water partition coefficient (Wildman–Crippen LogP) is 3.65. The Balaban J connectivity index is 2.07. The average Bonchev–Trinajstić information content (AvgIpc) is 3.29. The van der Waals surface area contributed by atoms with Crippen LogP contribution in [0.25, 0.3) is 15.9 Å². The van der Waals surface area contributed by atoms with Gasteiger partial charge in [-0.05, 0) is 29.5 Å². The molecule has 7 nitrogen and oxygen atoms in total. The normalized spacial score (nSPS) is 10.9. The third kappa shape index (κ3) is 2.54. The lowest BCUT2D eigenvalue weighted by Gasteiger charge is -2.06. The lowest BCUT2D eigenvalue weighted by Crippen LogP contribution is -2.16. The van der Waals surface area contributed by atoms with Crippen LogP contribution in [-0.4, -0.2) is 20.3 Å². The van der Waals surface area contributed by atoms with Gasteiger partial charge in [-0.25, -0.2) is 4.98 Å². The average molecular weight is 383 g/mol. The maximum atomic E-state index is 12.8. The molecule has 0 fully saturated rings. The number of hydrogen-bond donors (Lipinski definition) is 0. The van der Waals surface area contributed by atoms with Crippen molar-refractivity contribution < 1.29 is 9.72 Å². The number of hydrogen-bond acceptors (Lipinski definition) is 7. The van der Waals surface area contributed by atoms with Crippen molar-refractivity contribution in [3.05, 3.63) is 85.1 Å². The first kappa shape index (κ1) is 16.3. The van der Waals surface area contributed by atoms with Crippen LogP contribution in [0, 0.1) is 10.1 Å². The molecule has 0 aliphatic rings. The number of carbonyl (C=O) groups is 1. The van der Waals surface area contributed by atoms with Gasteiger partial charge in [0, 0.05) is 23.0 Å². The molecule has 1 aromatic carbocycles. The largest absolute Gasteiger partial charge is 0.338 e. The second-order valence-corrected chi connectivity index (χ2v) is 7.14. The Morgan fingerprint density at radius 3 is 2.58 bits per heavy atom. The van der Waals surface area contributed by atoms with Gasteiger partial charge in [-0.2, -0.15) is 0 Å². The molecule has 0 aliphatic carbocycles. The number of pyridine rings is 1. The number of benzene rings is 1. The number of ketones is 1. The Morgan fingerprint density at radius 1 is 1.15 bits per heavy atom. The van der Waals surface area contributed by atoms with Crippen LogP contribution in [0.3, 0.4) is 0 Å². The van der Waals surface area contributed by atoms with Crippen molar-refractivity contribution in [1.29, 1.82) is 0 Å². The van der Waals surface area contributed by atoms with E-state index in [2.05, 4.69) is 4.98 Å². The van der Waals surface area contributed by atoms with E-state index in [1.165, 1.54) is 22.9 Å². The van der Waals surface area contributed by atoms with Gasteiger partial charge in [0.15, 0.2) is 5.01 Å². The number of carbonyl (C=O) groups excluding carboxylic acids is 1. The zero-order valence-electron chi connectivity index (χ0n) is 13.0. The highest BCUT2D eigenvalue weighted by Crippen LogP contribution is 2.38. The van der Waals surface area contributed by atoms with Crippen LogP contribution in [-0.2, 0) is 0 Å². The molecule has 3 heterocycles. The Hall–Kier alpha value is -3.17. The summed E-state index contributed by atoms with van der Waals surface area (Å²) in [4.78, 5) is 40.5. The fourth-order valence-electron chi connectivity index (χ4n) is 2.68. The molecule has 0 spiro atoms. The van der Waals surface area contributed by atoms with E-state index in [0.29, 0.717) is 15.9 Å². The highest BCUT2D eigenvalue weighted by Gasteiger charge is 2.30. The van der Waals surface area contributed by atoms with E-state index in [1.807, 2.05) is 6.07 Å². The fraction of sp³-hybridized carbons (Fsp3) is 0. The molecule has 0 saturated heterocycles. The maximum Gasteiger partial charge on any atom is 0.338 e. The smallest absolute Gasteiger partial charge is 0.286 e. The van der Waals surface area contributed by atoms with E-state index in [9.17, 15) is 19.7 Å². The number of rotatable bonds is 4. The van der Waals surface area contributed by atoms with E-state index < -0.39 is 10.7 Å². The van der Waals surface area contributed by atoms with Gasteiger partial charge in [0.2, 0.25) is 5.78 Å². The molecule has 128 valence electrons. The lowest BCUT2D eigenvalue weighted by molar-refractivity contribution is -0.380. The summed E-state index contributed by atoms with van der Waals surface area (Å²) in [5.74, 6) is -0.517. The van der Waals surface area contributed by atoms with Crippen LogP contribution in [0.4, 0.5) is 5.00 Å². The number of fused-ring (bicyclic) bond motifs is 1. The molecule has 4 rings (SSSR count). The second-order valence-electron chi connectivity index (χ2n) is 5.27. The van der Waals surface area contributed by atoms with E-state index in [1.54, 1.807) is 29.6 Å². The van der Waals surface area contributed by atoms with Crippen LogP contribution < -0.4 is 5.56 Å². The molecule has 3 aromatic heterocycles. The molecular formula is C17H9N3O4S2. The molecule has 0 atom stereocenters. The molecule has 0 amide bonds. The van der Waals surface area contributed by atoms with Crippen molar-refractivity contribution in [1.82, 2.24) is 9.55 Å². The molecule has 4 aromatic rings. The maximum absolute atomic E-state index is 12.8. The molecule has 0 saturated carbocycles. The molecular weight excluding hydrogens is 374 g/mol. The number of nitrogens with zero attached hydrogens (tertiary/aromatic N) is 3. The number of nitro groups is 1. The van der Waals surface area contributed by atoms with Gasteiger partial charge in [-0.3, -0.25) is 24.3 Å². The first-order valence-electron chi connectivity index (χ1n) is 7.40. The minimum absolute atomic E-state index is 0.0327. The van der Waals surface area contributed by atoms with Crippen molar-refractivity contribution in [3.63, 3.8) is 0 Å². The summed E-state index contributed by atoms with van der Waals surface area (Å²) in [5, 5.41) is 13.4. The lowest BCUT2D eigenvalue weighted by atomic mass is 10.1. The predicted molar refractivity (Wildman–Crippen MR) is 99.6 cm³/mol. The molecule has 0 aliphatic heterocycles. The Labute approximate surface area is 153 Å². The van der Waals surface area contributed by atoms with Crippen molar-refractivity contribution >= 4 is 43.7 Å². The highest BCUT2D eigenvalue weighted by atomic mass is 32.1. The van der Waals surface area contributed by atoms with Crippen molar-refractivity contribution in [2.24, 2.45) is 0 Å². The van der Waals surface area contributed by atoms with E-state index in [-0.39, 0.29) is 21.1 Å². The number of aromatic nitrogens is 2. The molecule has 0 unspecified atom stereocenters. The third-order valence-electron chi connectivity index (χ3n) is 3.76. The Morgan fingerprint density at radius 2 is 1.92 bits per heavy atom. The van der Waals surface area contributed by atoms with Gasteiger partial charge in [0.1, 0.15) is 10.4 Å². The summed E-state index contributed by atoms with van der Waals surface area (Å²) in [6.45, 7) is 0. The van der Waals surface area contributed by atoms with Gasteiger partial charge in [-0.1, -0.05) is 18.2 Å². The minimum Gasteiger partial charge on any atom is -0.286 e. The first-order valence-corrected chi connectivity index (χ1v) is 9.10. The van der Waals surface area contributed by atoms with Crippen LogP contribution in [0.5, 0.6) is 0 Å². The summed E-state index contributed by atoms with van der Waals surface area (Å²) in [5.41, 5.74) is 0.218. The van der Waals surface area contributed by atoms with Crippen LogP contribution >= 0.6 is 22.7 Å². The van der Waals surface area contributed by atoms with Gasteiger partial charge in [0.25, 0.3) is 5.56 Å². The topological polar surface area (TPSA) is 95.1 Å². The summed E-state index contributed by atoms with van der Waals surface area (Å²) in [6.07, 6.45) is 1.47. The van der Waals surface area contributed by atoms with Gasteiger partial charge in [0.05, 0.1) is 10.6 Å². The summed E-state index contributed by atoms with van der Waals surface area (Å²) in [6, 6.07) is 11.6. The molecule has 0 N–H and O–H groups in total. The van der Waals surface area contributed by atoms with E-state index in [4.69, 9.17) is 0 Å². The summed E-state index contributed by atoms with van der Waals surface area (Å²) < 4.78 is 1.38. The van der Waals surface area contributed by atoms with Crippen LogP contribution in [0.15, 0.2) is 58.8 Å². The fourth-order valence-corrected chi connectivity index (χ4v) is 4.39. The molecule has 26 heavy (non-hydrogen) atoms. The van der Waals surface area contributed by atoms with Gasteiger partial charge < -0.3 is 0 Å². The van der Waals surface area contributed by atoms with Gasteiger partial charge in [-0.15, -0.1) is 11.3 Å². The quantitative estimate of drug-likeness (QED) is 0.304. The highest BCUT2D eigenvalue weighted by molar-refractivity contribution is 7.22. The van der Waals surface area contributed by atoms with Crippen molar-refractivity contribution in [3.8, 4) is 5.69 Å². The van der Waals surface area contributed by atoms with Crippen molar-refractivity contribution in [2.75, 3.05) is 0 Å². The zero-order chi connectivity index (χ0) is 18.3. The first-order chi connectivity index (χ1) is 12.6. The van der Waals surface area contributed by atoms with Crippen LogP contribution in [0.1, 0.15) is 15.4 Å². The third-order valence-corrected chi connectivity index (χ3v) is 5.67. The molecule has 0 radical (unpaired) electrons. The molecule has 9 heteroatoms. The zero-order valence-corrected chi connectivity index (χ0v) is 14.6. The second kappa shape index (κ2) is 6.28. The van der Waals surface area contributed by atoms with Crippen molar-refractivity contribution in [2.45, 2.75) is 0 Å². The number of thiophene rings is 1. The summed E-state index contributed by atoms with van der Waals surface area (Å²) >= 11 is 1.93. The van der Waals surface area contributed by atoms with E-state index in [0.717, 1.165) is 22.7 Å². The number of thiazole rings is 1. The Kier molecular flexibility index (Phi) is 3.94. The molecule has 0 bridgehead atoms. The summed E-state index contributed by atoms with van der Waals surface area (Å²) in [7, 11) is 0. The van der Waals surface area contributed by atoms with Gasteiger partial charge >= 0.3 is 5.00 Å². The SMILES string of the molecule is O=C(c1nccs1)c1c([N+](=O)[O-])sc2c1ccc(=O)n2-c1ccccc1. The van der Waals surface area contributed by atoms with Crippen LogP contribution in [0.2, 0.25) is 0 Å². The standard InChI is InChI=1S/C17H9N3O4S2/c21-12-7-6-11-13(14(22)15-18-8-9-25-15)17(20(23)24)26-16(11)19(12)10-4-2-1-3-5-10/h1-9H. The number of para-hydroxylation sites is 1. The monoisotopic (exact) mass is 383 g/mol. The Bertz CT molecular complexity index is 1190. The van der Waals surface area contributed by atoms with E-state index >= 15 is 0 Å².